The molecule has 0 radical (unpaired) electrons. The first kappa shape index (κ1) is 33.4. The van der Waals surface area contributed by atoms with Gasteiger partial charge in [-0.3, -0.25) is 9.59 Å². The molecule has 1 unspecified atom stereocenters. The van der Waals surface area contributed by atoms with E-state index in [-0.39, 0.29) is 25.2 Å². The fourth-order valence-corrected chi connectivity index (χ4v) is 3.76. The molecule has 0 aromatic heterocycles. The molecule has 0 aliphatic rings. The fourth-order valence-electron chi connectivity index (χ4n) is 3.76. The molecule has 0 amide bonds. The molecule has 0 rings (SSSR count). The normalized spacial score (nSPS) is 12.4. The molecular formula is C30H54O5. The molecule has 5 heteroatoms. The number of unbranched alkanes of at least 4 members (excludes halogenated alkanes) is 13. The van der Waals surface area contributed by atoms with E-state index < -0.39 is 6.10 Å². The molecule has 0 aliphatic heterocycles. The predicted molar refractivity (Wildman–Crippen MR) is 145 cm³/mol. The van der Waals surface area contributed by atoms with Crippen molar-refractivity contribution in [1.29, 1.82) is 0 Å². The van der Waals surface area contributed by atoms with Crippen molar-refractivity contribution in [2.24, 2.45) is 0 Å². The van der Waals surface area contributed by atoms with Gasteiger partial charge in [0.2, 0.25) is 0 Å². The van der Waals surface area contributed by atoms with Crippen LogP contribution in [0.25, 0.3) is 0 Å². The summed E-state index contributed by atoms with van der Waals surface area (Å²) in [5, 5.41) is 9.35. The highest BCUT2D eigenvalue weighted by molar-refractivity contribution is 5.70. The minimum absolute atomic E-state index is 0.0712. The Balaban J connectivity index is 3.53. The van der Waals surface area contributed by atoms with Crippen molar-refractivity contribution >= 4 is 11.9 Å². The Bertz CT molecular complexity index is 541. The first-order valence-electron chi connectivity index (χ1n) is 14.4. The second kappa shape index (κ2) is 27.0. The minimum atomic E-state index is -0.766. The number of allylic oxidation sites excluding steroid dienone is 4. The van der Waals surface area contributed by atoms with Crippen molar-refractivity contribution in [2.45, 2.75) is 142 Å². The molecule has 0 saturated carbocycles. The average Bonchev–Trinajstić information content (AvgIpc) is 2.86. The van der Waals surface area contributed by atoms with Crippen LogP contribution < -0.4 is 0 Å². The van der Waals surface area contributed by atoms with Gasteiger partial charge >= 0.3 is 11.9 Å². The van der Waals surface area contributed by atoms with Gasteiger partial charge in [-0.05, 0) is 44.9 Å². The number of carbonyl (C=O) groups is 2. The molecule has 0 spiro atoms. The van der Waals surface area contributed by atoms with Gasteiger partial charge in [0, 0.05) is 12.8 Å². The molecule has 0 saturated heterocycles. The highest BCUT2D eigenvalue weighted by Crippen LogP contribution is 2.11. The third-order valence-corrected chi connectivity index (χ3v) is 6.00. The molecule has 35 heavy (non-hydrogen) atoms. The Hall–Kier alpha value is -1.62. The molecule has 1 N–H and O–H groups in total. The second-order valence-electron chi connectivity index (χ2n) is 9.48. The van der Waals surface area contributed by atoms with Crippen molar-refractivity contribution in [3.05, 3.63) is 24.3 Å². The van der Waals surface area contributed by atoms with Crippen molar-refractivity contribution < 1.29 is 24.2 Å². The largest absolute Gasteiger partial charge is 0.462 e. The van der Waals surface area contributed by atoms with Crippen LogP contribution in [0.3, 0.4) is 0 Å². The Morgan fingerprint density at radius 1 is 0.657 bits per heavy atom. The Morgan fingerprint density at radius 3 is 1.74 bits per heavy atom. The van der Waals surface area contributed by atoms with Crippen LogP contribution in [-0.4, -0.2) is 36.4 Å². The van der Waals surface area contributed by atoms with Gasteiger partial charge in [0.15, 0.2) is 6.10 Å². The van der Waals surface area contributed by atoms with Crippen LogP contribution in [0.2, 0.25) is 0 Å². The molecule has 5 nitrogen and oxygen atoms in total. The number of hydrogen-bond acceptors (Lipinski definition) is 5. The Morgan fingerprint density at radius 2 is 1.14 bits per heavy atom. The molecule has 0 heterocycles. The number of carbonyl (C=O) groups excluding carboxylic acids is 2. The van der Waals surface area contributed by atoms with Crippen LogP contribution in [0, 0.1) is 0 Å². The Labute approximate surface area is 215 Å². The third kappa shape index (κ3) is 25.3. The van der Waals surface area contributed by atoms with Crippen LogP contribution in [-0.2, 0) is 19.1 Å². The second-order valence-corrected chi connectivity index (χ2v) is 9.48. The standard InChI is InChI=1S/C30H54O5/c1-3-5-7-8-9-10-11-12-13-14-15-16-17-18-19-20-21-23-25-30(33)35-28(26-31)27-34-29(32)24-22-6-4-2/h10-11,13-14,28,31H,3-9,12,15-27H2,1-2H3/b11-10-,14-13-. The van der Waals surface area contributed by atoms with Crippen LogP contribution in [0.5, 0.6) is 0 Å². The highest BCUT2D eigenvalue weighted by atomic mass is 16.6. The van der Waals surface area contributed by atoms with Gasteiger partial charge in [-0.1, -0.05) is 102 Å². The van der Waals surface area contributed by atoms with E-state index in [1.54, 1.807) is 0 Å². The van der Waals surface area contributed by atoms with Gasteiger partial charge in [-0.25, -0.2) is 0 Å². The zero-order chi connectivity index (χ0) is 25.8. The molecule has 0 bridgehead atoms. The van der Waals surface area contributed by atoms with Crippen LogP contribution in [0.1, 0.15) is 136 Å². The Kier molecular flexibility index (Phi) is 25.7. The molecule has 0 aromatic carbocycles. The van der Waals surface area contributed by atoms with Crippen molar-refractivity contribution in [1.82, 2.24) is 0 Å². The summed E-state index contributed by atoms with van der Waals surface area (Å²) >= 11 is 0. The molecular weight excluding hydrogens is 440 g/mol. The maximum atomic E-state index is 12.0. The maximum absolute atomic E-state index is 12.0. The molecule has 0 fully saturated rings. The van der Waals surface area contributed by atoms with Gasteiger partial charge in [0.1, 0.15) is 6.61 Å². The van der Waals surface area contributed by atoms with E-state index in [2.05, 4.69) is 38.2 Å². The predicted octanol–water partition coefficient (Wildman–Crippen LogP) is 8.00. The lowest BCUT2D eigenvalue weighted by Crippen LogP contribution is -2.28. The number of rotatable bonds is 25. The van der Waals surface area contributed by atoms with Gasteiger partial charge < -0.3 is 14.6 Å². The zero-order valence-corrected chi connectivity index (χ0v) is 22.8. The van der Waals surface area contributed by atoms with Crippen LogP contribution >= 0.6 is 0 Å². The summed E-state index contributed by atoms with van der Waals surface area (Å²) in [4.78, 5) is 23.6. The van der Waals surface area contributed by atoms with Crippen molar-refractivity contribution in [3.63, 3.8) is 0 Å². The van der Waals surface area contributed by atoms with E-state index in [1.165, 1.54) is 57.8 Å². The summed E-state index contributed by atoms with van der Waals surface area (Å²) in [6.07, 6.45) is 28.6. The summed E-state index contributed by atoms with van der Waals surface area (Å²) in [5.74, 6) is -0.631. The van der Waals surface area contributed by atoms with E-state index in [0.29, 0.717) is 12.8 Å². The average molecular weight is 495 g/mol. The topological polar surface area (TPSA) is 72.8 Å². The number of aliphatic hydroxyl groups excluding tert-OH is 1. The summed E-state index contributed by atoms with van der Waals surface area (Å²) in [6.45, 7) is 3.92. The molecule has 204 valence electrons. The van der Waals surface area contributed by atoms with Gasteiger partial charge in [-0.15, -0.1) is 0 Å². The number of aliphatic hydroxyl groups is 1. The van der Waals surface area contributed by atoms with E-state index in [1.807, 2.05) is 0 Å². The van der Waals surface area contributed by atoms with E-state index in [9.17, 15) is 14.7 Å². The first-order valence-corrected chi connectivity index (χ1v) is 14.4. The first-order chi connectivity index (χ1) is 17.1. The van der Waals surface area contributed by atoms with E-state index in [0.717, 1.165) is 51.4 Å². The quantitative estimate of drug-likeness (QED) is 0.0790. The summed E-state index contributed by atoms with van der Waals surface area (Å²) in [5.41, 5.74) is 0. The number of esters is 2. The highest BCUT2D eigenvalue weighted by Gasteiger charge is 2.15. The summed E-state index contributed by atoms with van der Waals surface area (Å²) in [7, 11) is 0. The van der Waals surface area contributed by atoms with Crippen molar-refractivity contribution in [2.75, 3.05) is 13.2 Å². The summed E-state index contributed by atoms with van der Waals surface area (Å²) in [6, 6.07) is 0. The maximum Gasteiger partial charge on any atom is 0.306 e. The molecule has 0 aliphatic carbocycles. The van der Waals surface area contributed by atoms with Crippen LogP contribution in [0.4, 0.5) is 0 Å². The lowest BCUT2D eigenvalue weighted by Gasteiger charge is -2.15. The minimum Gasteiger partial charge on any atom is -0.462 e. The lowest BCUT2D eigenvalue weighted by atomic mass is 10.1. The monoisotopic (exact) mass is 494 g/mol. The molecule has 1 atom stereocenters. The van der Waals surface area contributed by atoms with E-state index >= 15 is 0 Å². The lowest BCUT2D eigenvalue weighted by molar-refractivity contribution is -0.161. The van der Waals surface area contributed by atoms with Gasteiger partial charge in [0.25, 0.3) is 0 Å². The number of hydrogen-bond donors (Lipinski definition) is 1. The molecule has 0 aromatic rings. The van der Waals surface area contributed by atoms with Crippen molar-refractivity contribution in [3.8, 4) is 0 Å². The van der Waals surface area contributed by atoms with Gasteiger partial charge in [-0.2, -0.15) is 0 Å². The third-order valence-electron chi connectivity index (χ3n) is 6.00. The SMILES string of the molecule is CCCCCC/C=C\C/C=C\CCCCCCCCCC(=O)OC(CO)COC(=O)CCCCC. The smallest absolute Gasteiger partial charge is 0.306 e. The van der Waals surface area contributed by atoms with Gasteiger partial charge in [0.05, 0.1) is 6.61 Å². The van der Waals surface area contributed by atoms with Crippen LogP contribution in [0.15, 0.2) is 24.3 Å². The fraction of sp³-hybridized carbons (Fsp3) is 0.800. The van der Waals surface area contributed by atoms with E-state index in [4.69, 9.17) is 9.47 Å². The number of ether oxygens (including phenoxy) is 2. The zero-order valence-electron chi connectivity index (χ0n) is 22.8. The summed E-state index contributed by atoms with van der Waals surface area (Å²) < 4.78 is 10.3.